The Morgan fingerprint density at radius 2 is 2.10 bits per heavy atom. The average molecular weight is 292 g/mol. The number of hydrogen-bond acceptors (Lipinski definition) is 6. The zero-order valence-corrected chi connectivity index (χ0v) is 11.3. The summed E-state index contributed by atoms with van der Waals surface area (Å²) >= 11 is 0. The smallest absolute Gasteiger partial charge is 0.381 e. The lowest BCUT2D eigenvalue weighted by molar-refractivity contribution is -0.389. The van der Waals surface area contributed by atoms with E-state index in [-0.39, 0.29) is 22.9 Å². The lowest BCUT2D eigenvalue weighted by atomic mass is 10.1. The minimum Gasteiger partial charge on any atom is -0.493 e. The van der Waals surface area contributed by atoms with Gasteiger partial charge in [0.15, 0.2) is 11.5 Å². The number of nitrogens with zero attached hydrogens (tertiary/aromatic N) is 3. The van der Waals surface area contributed by atoms with Crippen molar-refractivity contribution in [1.29, 1.82) is 0 Å². The highest BCUT2D eigenvalue weighted by molar-refractivity contribution is 5.97. The van der Waals surface area contributed by atoms with Crippen molar-refractivity contribution >= 4 is 11.7 Å². The molecule has 0 aliphatic heterocycles. The van der Waals surface area contributed by atoms with Crippen molar-refractivity contribution in [2.45, 2.75) is 0 Å². The summed E-state index contributed by atoms with van der Waals surface area (Å²) in [5, 5.41) is 10.7. The molecule has 1 amide bonds. The minimum absolute atomic E-state index is 0.100. The topological polar surface area (TPSA) is 123 Å². The van der Waals surface area contributed by atoms with E-state index in [4.69, 9.17) is 15.2 Å². The van der Waals surface area contributed by atoms with E-state index in [0.717, 1.165) is 0 Å². The highest BCUT2D eigenvalue weighted by Gasteiger charge is 2.19. The van der Waals surface area contributed by atoms with Crippen LogP contribution in [-0.2, 0) is 0 Å². The van der Waals surface area contributed by atoms with E-state index < -0.39 is 10.8 Å². The maximum atomic E-state index is 11.5. The van der Waals surface area contributed by atoms with E-state index >= 15 is 0 Å². The molecule has 9 nitrogen and oxygen atoms in total. The molecule has 0 saturated heterocycles. The molecule has 1 aromatic heterocycles. The Balaban J connectivity index is 2.60. The molecule has 1 heterocycles. The van der Waals surface area contributed by atoms with Gasteiger partial charge in [-0.15, -0.1) is 0 Å². The van der Waals surface area contributed by atoms with Crippen molar-refractivity contribution in [2.75, 3.05) is 14.2 Å². The standard InChI is InChI=1S/C12H12N4O5/c1-20-9-4-7(3-8(12(13)17)11(9)21-2)15-5-10(14-6-15)16(18)19/h3-6H,1-2H3,(H2,13,17). The van der Waals surface area contributed by atoms with Crippen molar-refractivity contribution in [3.05, 3.63) is 40.3 Å². The first kappa shape index (κ1) is 14.3. The molecule has 2 N–H and O–H groups in total. The Hall–Kier alpha value is -3.10. The molecule has 0 fully saturated rings. The van der Waals surface area contributed by atoms with E-state index in [1.165, 1.54) is 37.4 Å². The molecule has 110 valence electrons. The highest BCUT2D eigenvalue weighted by Crippen LogP contribution is 2.33. The number of carbonyl (C=O) groups is 1. The van der Waals surface area contributed by atoms with Crippen LogP contribution in [0.3, 0.4) is 0 Å². The highest BCUT2D eigenvalue weighted by atomic mass is 16.6. The quantitative estimate of drug-likeness (QED) is 0.645. The Labute approximate surface area is 119 Å². The van der Waals surface area contributed by atoms with Crippen LogP contribution in [0.5, 0.6) is 11.5 Å². The summed E-state index contributed by atoms with van der Waals surface area (Å²) in [5.74, 6) is -0.546. The van der Waals surface area contributed by atoms with Crippen LogP contribution in [0.1, 0.15) is 10.4 Å². The molecule has 0 bridgehead atoms. The van der Waals surface area contributed by atoms with Crippen LogP contribution in [0.4, 0.5) is 5.82 Å². The normalized spacial score (nSPS) is 10.2. The van der Waals surface area contributed by atoms with Crippen LogP contribution in [0.2, 0.25) is 0 Å². The number of imidazole rings is 1. The summed E-state index contributed by atoms with van der Waals surface area (Å²) in [5.41, 5.74) is 5.84. The zero-order chi connectivity index (χ0) is 15.6. The van der Waals surface area contributed by atoms with Crippen molar-refractivity contribution in [1.82, 2.24) is 9.55 Å². The summed E-state index contributed by atoms with van der Waals surface area (Å²) in [7, 11) is 2.79. The van der Waals surface area contributed by atoms with Gasteiger partial charge in [-0.2, -0.15) is 0 Å². The predicted molar refractivity (Wildman–Crippen MR) is 71.8 cm³/mol. The molecule has 2 aromatic rings. The second-order valence-electron chi connectivity index (χ2n) is 3.99. The van der Waals surface area contributed by atoms with Gasteiger partial charge in [0.25, 0.3) is 5.91 Å². The number of primary amides is 1. The predicted octanol–water partition coefficient (Wildman–Crippen LogP) is 0.897. The number of aromatic nitrogens is 2. The molecular formula is C12H12N4O5. The number of benzene rings is 1. The lowest BCUT2D eigenvalue weighted by Crippen LogP contribution is -2.14. The molecule has 0 aliphatic carbocycles. The fraction of sp³-hybridized carbons (Fsp3) is 0.167. The fourth-order valence-corrected chi connectivity index (χ4v) is 1.83. The van der Waals surface area contributed by atoms with Gasteiger partial charge in [-0.05, 0) is 16.0 Å². The van der Waals surface area contributed by atoms with Gasteiger partial charge in [-0.3, -0.25) is 9.36 Å². The first-order valence-corrected chi connectivity index (χ1v) is 5.72. The molecule has 0 saturated carbocycles. The fourth-order valence-electron chi connectivity index (χ4n) is 1.83. The van der Waals surface area contributed by atoms with Crippen molar-refractivity contribution in [2.24, 2.45) is 5.73 Å². The van der Waals surface area contributed by atoms with Gasteiger partial charge in [0.05, 0.1) is 25.5 Å². The number of carbonyl (C=O) groups excluding carboxylic acids is 1. The van der Waals surface area contributed by atoms with Crippen molar-refractivity contribution in [3.63, 3.8) is 0 Å². The number of amides is 1. The van der Waals surface area contributed by atoms with Gasteiger partial charge in [-0.1, -0.05) is 0 Å². The van der Waals surface area contributed by atoms with Gasteiger partial charge < -0.3 is 25.3 Å². The van der Waals surface area contributed by atoms with Crippen LogP contribution in [0, 0.1) is 10.1 Å². The lowest BCUT2D eigenvalue weighted by Gasteiger charge is -2.13. The maximum absolute atomic E-state index is 11.5. The molecule has 0 spiro atoms. The van der Waals surface area contributed by atoms with Gasteiger partial charge >= 0.3 is 5.82 Å². The Bertz CT molecular complexity index is 710. The third-order valence-electron chi connectivity index (χ3n) is 2.78. The Morgan fingerprint density at radius 1 is 1.38 bits per heavy atom. The molecule has 0 unspecified atom stereocenters. The van der Waals surface area contributed by atoms with Gasteiger partial charge in [0.2, 0.25) is 6.33 Å². The van der Waals surface area contributed by atoms with E-state index in [1.54, 1.807) is 6.07 Å². The molecule has 9 heteroatoms. The molecule has 21 heavy (non-hydrogen) atoms. The molecule has 0 atom stereocenters. The van der Waals surface area contributed by atoms with E-state index in [1.807, 2.05) is 0 Å². The second-order valence-corrected chi connectivity index (χ2v) is 3.99. The average Bonchev–Trinajstić information content (AvgIpc) is 2.95. The molecule has 2 rings (SSSR count). The van der Waals surface area contributed by atoms with Crippen LogP contribution in [-0.4, -0.2) is 34.6 Å². The molecule has 1 aromatic carbocycles. The third-order valence-corrected chi connectivity index (χ3v) is 2.78. The van der Waals surface area contributed by atoms with E-state index in [9.17, 15) is 14.9 Å². The number of nitrogens with two attached hydrogens (primary N) is 1. The summed E-state index contributed by atoms with van der Waals surface area (Å²) in [6, 6.07) is 2.99. The first-order valence-electron chi connectivity index (χ1n) is 5.72. The first-order chi connectivity index (χ1) is 9.97. The van der Waals surface area contributed by atoms with Gasteiger partial charge in [-0.25, -0.2) is 0 Å². The summed E-state index contributed by atoms with van der Waals surface area (Å²) < 4.78 is 11.6. The van der Waals surface area contributed by atoms with Crippen LogP contribution in [0.25, 0.3) is 5.69 Å². The van der Waals surface area contributed by atoms with Crippen LogP contribution >= 0.6 is 0 Å². The summed E-state index contributed by atoms with van der Waals surface area (Å²) in [6.07, 6.45) is 2.47. The summed E-state index contributed by atoms with van der Waals surface area (Å²) in [6.45, 7) is 0. The van der Waals surface area contributed by atoms with Crippen LogP contribution in [0.15, 0.2) is 24.7 Å². The maximum Gasteiger partial charge on any atom is 0.381 e. The second kappa shape index (κ2) is 5.49. The number of ether oxygens (including phenoxy) is 2. The molecule has 0 radical (unpaired) electrons. The largest absolute Gasteiger partial charge is 0.493 e. The van der Waals surface area contributed by atoms with Crippen molar-refractivity contribution in [3.8, 4) is 17.2 Å². The van der Waals surface area contributed by atoms with E-state index in [2.05, 4.69) is 4.98 Å². The monoisotopic (exact) mass is 292 g/mol. The zero-order valence-electron chi connectivity index (χ0n) is 11.3. The number of rotatable bonds is 5. The van der Waals surface area contributed by atoms with Gasteiger partial charge in [0, 0.05) is 6.07 Å². The number of hydrogen-bond donors (Lipinski definition) is 1. The third kappa shape index (κ3) is 2.61. The number of nitro groups is 1. The molecule has 0 aliphatic rings. The van der Waals surface area contributed by atoms with Gasteiger partial charge in [0.1, 0.15) is 6.20 Å². The number of methoxy groups -OCH3 is 2. The minimum atomic E-state index is -0.707. The Kier molecular flexibility index (Phi) is 3.74. The SMILES string of the molecule is COc1cc(-n2cnc([N+](=O)[O-])c2)cc(C(N)=O)c1OC. The Morgan fingerprint density at radius 3 is 2.57 bits per heavy atom. The summed E-state index contributed by atoms with van der Waals surface area (Å²) in [4.78, 5) is 25.2. The molecular weight excluding hydrogens is 280 g/mol. The van der Waals surface area contributed by atoms with E-state index in [0.29, 0.717) is 5.69 Å². The van der Waals surface area contributed by atoms with Crippen molar-refractivity contribution < 1.29 is 19.2 Å². The van der Waals surface area contributed by atoms with Crippen LogP contribution < -0.4 is 15.2 Å².